The van der Waals surface area contributed by atoms with Crippen LogP contribution in [0.25, 0.3) is 0 Å². The highest BCUT2D eigenvalue weighted by Crippen LogP contribution is 2.55. The number of nitrogens with one attached hydrogen (secondary N) is 4. The third kappa shape index (κ3) is 5.29. The number of rotatable bonds is 7. The van der Waals surface area contributed by atoms with E-state index in [2.05, 4.69) is 21.3 Å². The zero-order valence-electron chi connectivity index (χ0n) is 18.1. The molecular formula is C23H33N5O3. The molecule has 1 aromatic rings. The first-order valence-corrected chi connectivity index (χ1v) is 11.3. The molecule has 0 saturated heterocycles. The van der Waals surface area contributed by atoms with Crippen LogP contribution >= 0.6 is 0 Å². The predicted octanol–water partition coefficient (Wildman–Crippen LogP) is 3.01. The van der Waals surface area contributed by atoms with Crippen LogP contribution in [0.5, 0.6) is 0 Å². The molecule has 168 valence electrons. The number of hydrogen-bond acceptors (Lipinski definition) is 3. The lowest BCUT2D eigenvalue weighted by atomic mass is 9.53. The molecule has 1 aromatic carbocycles. The number of carbonyl (C=O) groups excluding carboxylic acids is 3. The summed E-state index contributed by atoms with van der Waals surface area (Å²) in [6, 6.07) is 6.17. The molecule has 0 heterocycles. The topological polar surface area (TPSA) is 125 Å². The summed E-state index contributed by atoms with van der Waals surface area (Å²) in [5, 5.41) is 11.6. The molecule has 4 saturated carbocycles. The maximum absolute atomic E-state index is 12.5. The minimum absolute atomic E-state index is 0.0227. The van der Waals surface area contributed by atoms with E-state index in [-0.39, 0.29) is 29.9 Å². The minimum atomic E-state index is -0.617. The van der Waals surface area contributed by atoms with Crippen LogP contribution in [0.4, 0.5) is 15.3 Å². The second-order valence-electron chi connectivity index (χ2n) is 9.73. The van der Waals surface area contributed by atoms with Crippen molar-refractivity contribution in [2.45, 2.75) is 63.5 Å². The molecule has 4 fully saturated rings. The minimum Gasteiger partial charge on any atom is -0.351 e. The Bertz CT molecular complexity index is 803. The molecule has 4 aliphatic rings. The van der Waals surface area contributed by atoms with E-state index in [0.717, 1.165) is 42.6 Å². The highest BCUT2D eigenvalue weighted by molar-refractivity contribution is 5.87. The number of carbonyl (C=O) groups is 3. The zero-order chi connectivity index (χ0) is 22.0. The van der Waals surface area contributed by atoms with Gasteiger partial charge in [-0.15, -0.1) is 0 Å². The predicted molar refractivity (Wildman–Crippen MR) is 118 cm³/mol. The molecule has 0 aromatic heterocycles. The Labute approximate surface area is 183 Å². The van der Waals surface area contributed by atoms with Gasteiger partial charge in [0, 0.05) is 24.2 Å². The summed E-state index contributed by atoms with van der Waals surface area (Å²) >= 11 is 0. The van der Waals surface area contributed by atoms with Crippen LogP contribution in [-0.4, -0.2) is 30.1 Å². The van der Waals surface area contributed by atoms with E-state index >= 15 is 0 Å². The molecule has 0 radical (unpaired) electrons. The van der Waals surface area contributed by atoms with Gasteiger partial charge < -0.3 is 27.0 Å². The maximum Gasteiger partial charge on any atom is 0.316 e. The Balaban J connectivity index is 1.18. The standard InChI is InChI=1S/C23H33N5O3/c1-14(18-2-4-19(5-3-18)27-21(24)30)26-20(29)6-7-25-22(31)28-23-11-15-8-16(12-23)10-17(9-15)13-23/h2-5,14-17H,6-13H2,1H3,(H,26,29)(H3,24,27,30)(H2,25,28,31). The van der Waals surface area contributed by atoms with E-state index in [1.54, 1.807) is 12.1 Å². The SMILES string of the molecule is CC(NC(=O)CCNC(=O)NC12CC3CC(CC(C3)C1)C2)c1ccc(NC(N)=O)cc1. The smallest absolute Gasteiger partial charge is 0.316 e. The summed E-state index contributed by atoms with van der Waals surface area (Å²) in [6.45, 7) is 2.19. The van der Waals surface area contributed by atoms with Crippen molar-refractivity contribution in [2.24, 2.45) is 23.5 Å². The second-order valence-corrected chi connectivity index (χ2v) is 9.73. The summed E-state index contributed by atoms with van der Waals surface area (Å²) in [5.41, 5.74) is 6.59. The summed E-state index contributed by atoms with van der Waals surface area (Å²) in [4.78, 5) is 35.6. The largest absolute Gasteiger partial charge is 0.351 e. The molecule has 5 rings (SSSR count). The molecule has 0 spiro atoms. The molecule has 5 amide bonds. The fraction of sp³-hybridized carbons (Fsp3) is 0.609. The van der Waals surface area contributed by atoms with Gasteiger partial charge in [-0.05, 0) is 80.9 Å². The molecule has 1 atom stereocenters. The Morgan fingerprint density at radius 1 is 1.03 bits per heavy atom. The third-order valence-corrected chi connectivity index (χ3v) is 7.11. The number of nitrogens with two attached hydrogens (primary N) is 1. The van der Waals surface area contributed by atoms with E-state index in [9.17, 15) is 14.4 Å². The van der Waals surface area contributed by atoms with Gasteiger partial charge in [0.2, 0.25) is 5.91 Å². The summed E-state index contributed by atoms with van der Waals surface area (Å²) < 4.78 is 0. The molecule has 0 aliphatic heterocycles. The third-order valence-electron chi connectivity index (χ3n) is 7.11. The van der Waals surface area contributed by atoms with Gasteiger partial charge in [0.25, 0.3) is 0 Å². The first-order chi connectivity index (χ1) is 14.8. The van der Waals surface area contributed by atoms with Crippen molar-refractivity contribution >= 4 is 23.7 Å². The summed E-state index contributed by atoms with van der Waals surface area (Å²) in [7, 11) is 0. The molecule has 4 aliphatic carbocycles. The Kier molecular flexibility index (Phi) is 6.07. The van der Waals surface area contributed by atoms with Gasteiger partial charge in [0.05, 0.1) is 6.04 Å². The molecule has 8 nitrogen and oxygen atoms in total. The van der Waals surface area contributed by atoms with Gasteiger partial charge in [0.15, 0.2) is 0 Å². The lowest BCUT2D eigenvalue weighted by molar-refractivity contribution is -0.121. The summed E-state index contributed by atoms with van der Waals surface area (Å²) in [6.07, 6.45) is 7.57. The van der Waals surface area contributed by atoms with Crippen molar-refractivity contribution < 1.29 is 14.4 Å². The molecule has 1 unspecified atom stereocenters. The number of primary amides is 1. The average Bonchev–Trinajstić information content (AvgIpc) is 2.66. The van der Waals surface area contributed by atoms with Crippen LogP contribution in [0, 0.1) is 17.8 Å². The number of benzene rings is 1. The van der Waals surface area contributed by atoms with Gasteiger partial charge in [-0.25, -0.2) is 9.59 Å². The summed E-state index contributed by atoms with van der Waals surface area (Å²) in [5.74, 6) is 2.21. The van der Waals surface area contributed by atoms with Gasteiger partial charge in [-0.2, -0.15) is 0 Å². The molecular weight excluding hydrogens is 394 g/mol. The van der Waals surface area contributed by atoms with E-state index in [1.165, 1.54) is 19.3 Å². The lowest BCUT2D eigenvalue weighted by Gasteiger charge is -2.56. The quantitative estimate of drug-likeness (QED) is 0.459. The molecule has 4 bridgehead atoms. The molecule has 6 N–H and O–H groups in total. The van der Waals surface area contributed by atoms with Crippen LogP contribution in [0.1, 0.15) is 63.5 Å². The Morgan fingerprint density at radius 2 is 1.61 bits per heavy atom. The maximum atomic E-state index is 12.5. The lowest BCUT2D eigenvalue weighted by Crippen LogP contribution is -2.61. The van der Waals surface area contributed by atoms with E-state index in [1.807, 2.05) is 19.1 Å². The van der Waals surface area contributed by atoms with E-state index in [4.69, 9.17) is 5.73 Å². The first-order valence-electron chi connectivity index (χ1n) is 11.3. The van der Waals surface area contributed by atoms with Crippen molar-refractivity contribution in [2.75, 3.05) is 11.9 Å². The number of hydrogen-bond donors (Lipinski definition) is 5. The number of anilines is 1. The van der Waals surface area contributed by atoms with Gasteiger partial charge in [-0.1, -0.05) is 12.1 Å². The Hall–Kier alpha value is -2.77. The van der Waals surface area contributed by atoms with E-state index < -0.39 is 6.03 Å². The Morgan fingerprint density at radius 3 is 2.16 bits per heavy atom. The van der Waals surface area contributed by atoms with Crippen molar-refractivity contribution in [3.63, 3.8) is 0 Å². The number of amides is 5. The van der Waals surface area contributed by atoms with Crippen molar-refractivity contribution in [3.05, 3.63) is 29.8 Å². The van der Waals surface area contributed by atoms with Crippen LogP contribution < -0.4 is 27.0 Å². The highest BCUT2D eigenvalue weighted by atomic mass is 16.2. The van der Waals surface area contributed by atoms with Crippen LogP contribution in [-0.2, 0) is 4.79 Å². The molecule has 8 heteroatoms. The second kappa shape index (κ2) is 8.77. The normalized spacial score (nSPS) is 29.1. The zero-order valence-corrected chi connectivity index (χ0v) is 18.1. The van der Waals surface area contributed by atoms with Crippen LogP contribution in [0.2, 0.25) is 0 Å². The van der Waals surface area contributed by atoms with Crippen LogP contribution in [0.15, 0.2) is 24.3 Å². The van der Waals surface area contributed by atoms with Gasteiger partial charge >= 0.3 is 12.1 Å². The fourth-order valence-corrected chi connectivity index (χ4v) is 6.23. The van der Waals surface area contributed by atoms with Crippen molar-refractivity contribution in [1.82, 2.24) is 16.0 Å². The van der Waals surface area contributed by atoms with Crippen LogP contribution in [0.3, 0.4) is 0 Å². The number of urea groups is 2. The fourth-order valence-electron chi connectivity index (χ4n) is 6.23. The van der Waals surface area contributed by atoms with Crippen molar-refractivity contribution in [3.8, 4) is 0 Å². The van der Waals surface area contributed by atoms with E-state index in [0.29, 0.717) is 12.2 Å². The molecule has 31 heavy (non-hydrogen) atoms. The highest BCUT2D eigenvalue weighted by Gasteiger charge is 2.51. The monoisotopic (exact) mass is 427 g/mol. The average molecular weight is 428 g/mol. The van der Waals surface area contributed by atoms with Crippen molar-refractivity contribution in [1.29, 1.82) is 0 Å². The van der Waals surface area contributed by atoms with Gasteiger partial charge in [-0.3, -0.25) is 4.79 Å². The first kappa shape index (κ1) is 21.5. The van der Waals surface area contributed by atoms with Gasteiger partial charge in [0.1, 0.15) is 0 Å².